The van der Waals surface area contributed by atoms with E-state index >= 15 is 0 Å². The van der Waals surface area contributed by atoms with Crippen molar-refractivity contribution in [2.75, 3.05) is 0 Å². The second-order valence-corrected chi connectivity index (χ2v) is 6.61. The zero-order valence-electron chi connectivity index (χ0n) is 18.8. The molecule has 0 N–H and O–H groups in total. The number of carbonyl (C=O) groups excluding carboxylic acids is 4. The van der Waals surface area contributed by atoms with E-state index < -0.39 is 23.9 Å². The Morgan fingerprint density at radius 2 is 0.459 bits per heavy atom. The lowest BCUT2D eigenvalue weighted by Gasteiger charge is -1.97. The van der Waals surface area contributed by atoms with Crippen LogP contribution in [-0.2, 0) is 0 Å². The monoisotopic (exact) mass is 500 g/mol. The molecule has 8 heteroatoms. The summed E-state index contributed by atoms with van der Waals surface area (Å²) in [7, 11) is 0. The summed E-state index contributed by atoms with van der Waals surface area (Å²) in [5, 5.41) is 40.4. The van der Waals surface area contributed by atoms with Gasteiger partial charge in [0.15, 0.2) is 0 Å². The van der Waals surface area contributed by atoms with Gasteiger partial charge in [0.1, 0.15) is 0 Å². The molecule has 0 saturated carbocycles. The Kier molecular flexibility index (Phi) is 15.6. The van der Waals surface area contributed by atoms with Crippen LogP contribution in [-0.4, -0.2) is 23.9 Å². The standard InChI is InChI=1S/4C7H6O2.CH4/c4*8-7(9)6-4-2-1-3-5-6;/h4*1-5H,(H,8,9);1H4/p-4. The van der Waals surface area contributed by atoms with Crippen LogP contribution in [0, 0.1) is 0 Å². The summed E-state index contributed by atoms with van der Waals surface area (Å²) in [6.45, 7) is 0. The van der Waals surface area contributed by atoms with Gasteiger partial charge in [0.2, 0.25) is 0 Å². The van der Waals surface area contributed by atoms with Crippen molar-refractivity contribution >= 4 is 23.9 Å². The predicted molar refractivity (Wildman–Crippen MR) is 130 cm³/mol. The zero-order chi connectivity index (χ0) is 26.8. The van der Waals surface area contributed by atoms with E-state index in [9.17, 15) is 39.6 Å². The summed E-state index contributed by atoms with van der Waals surface area (Å²) in [4.78, 5) is 40.4. The number of carboxylic acids is 4. The first-order valence-electron chi connectivity index (χ1n) is 10.3. The quantitative estimate of drug-likeness (QED) is 0.398. The molecule has 0 atom stereocenters. The van der Waals surface area contributed by atoms with Crippen LogP contribution in [0.15, 0.2) is 121 Å². The fourth-order valence-corrected chi connectivity index (χ4v) is 2.30. The van der Waals surface area contributed by atoms with Crippen LogP contribution in [0.25, 0.3) is 0 Å². The molecule has 0 amide bonds. The van der Waals surface area contributed by atoms with Crippen molar-refractivity contribution in [1.29, 1.82) is 0 Å². The van der Waals surface area contributed by atoms with E-state index in [1.54, 1.807) is 72.8 Å². The molecule has 0 unspecified atom stereocenters. The van der Waals surface area contributed by atoms with Crippen molar-refractivity contribution in [1.82, 2.24) is 0 Å². The Hall–Kier alpha value is -5.24. The minimum absolute atomic E-state index is 0. The van der Waals surface area contributed by atoms with Crippen LogP contribution in [0.3, 0.4) is 0 Å². The molecule has 0 aromatic heterocycles. The first-order valence-corrected chi connectivity index (χ1v) is 10.3. The average Bonchev–Trinajstić information content (AvgIpc) is 2.92. The lowest BCUT2D eigenvalue weighted by molar-refractivity contribution is -0.256. The molecular weight excluding hydrogens is 476 g/mol. The number of carboxylic acid groups (broad SMARTS) is 4. The van der Waals surface area contributed by atoms with Gasteiger partial charge in [0, 0.05) is 0 Å². The molecular formula is C29H24O8-4. The smallest absolute Gasteiger partial charge is 0.0715 e. The van der Waals surface area contributed by atoms with Gasteiger partial charge in [0.05, 0.1) is 23.9 Å². The van der Waals surface area contributed by atoms with Gasteiger partial charge < -0.3 is 39.6 Å². The lowest BCUT2D eigenvalue weighted by Crippen LogP contribution is -2.21. The van der Waals surface area contributed by atoms with E-state index in [4.69, 9.17) is 0 Å². The van der Waals surface area contributed by atoms with E-state index in [0.29, 0.717) is 0 Å². The Morgan fingerprint density at radius 3 is 0.541 bits per heavy atom. The maximum atomic E-state index is 10.1. The Bertz CT molecular complexity index is 1010. The van der Waals surface area contributed by atoms with Crippen molar-refractivity contribution < 1.29 is 39.6 Å². The molecule has 4 rings (SSSR count). The lowest BCUT2D eigenvalue weighted by atomic mass is 10.2. The van der Waals surface area contributed by atoms with Crippen molar-refractivity contribution in [2.24, 2.45) is 0 Å². The van der Waals surface area contributed by atoms with Gasteiger partial charge in [-0.25, -0.2) is 0 Å². The molecule has 0 spiro atoms. The summed E-state index contributed by atoms with van der Waals surface area (Å²) < 4.78 is 0. The van der Waals surface area contributed by atoms with Gasteiger partial charge in [-0.05, 0) is 22.3 Å². The molecule has 0 fully saturated rings. The highest BCUT2D eigenvalue weighted by atomic mass is 16.4. The molecule has 4 aromatic carbocycles. The van der Waals surface area contributed by atoms with Gasteiger partial charge in [-0.3, -0.25) is 0 Å². The normalized spacial score (nSPS) is 8.65. The topological polar surface area (TPSA) is 161 Å². The van der Waals surface area contributed by atoms with E-state index in [1.807, 2.05) is 0 Å². The highest BCUT2D eigenvalue weighted by Gasteiger charge is 1.88. The van der Waals surface area contributed by atoms with Crippen LogP contribution >= 0.6 is 0 Å². The Morgan fingerprint density at radius 1 is 0.324 bits per heavy atom. The fourth-order valence-electron chi connectivity index (χ4n) is 2.30. The molecule has 8 nitrogen and oxygen atoms in total. The predicted octanol–water partition coefficient (Wildman–Crippen LogP) is 0.837. The van der Waals surface area contributed by atoms with Crippen LogP contribution in [0.4, 0.5) is 0 Å². The van der Waals surface area contributed by atoms with Gasteiger partial charge >= 0.3 is 0 Å². The Labute approximate surface area is 214 Å². The SMILES string of the molecule is C.O=C([O-])c1ccccc1.O=C([O-])c1ccccc1.O=C([O-])c1ccccc1.O=C([O-])c1ccccc1. The first-order chi connectivity index (χ1) is 17.2. The van der Waals surface area contributed by atoms with Crippen molar-refractivity contribution in [2.45, 2.75) is 7.43 Å². The number of benzene rings is 4. The van der Waals surface area contributed by atoms with E-state index in [0.717, 1.165) is 0 Å². The molecule has 0 bridgehead atoms. The highest BCUT2D eigenvalue weighted by molar-refractivity contribution is 5.86. The minimum atomic E-state index is -1.13. The molecule has 37 heavy (non-hydrogen) atoms. The van der Waals surface area contributed by atoms with E-state index in [-0.39, 0.29) is 29.7 Å². The third-order valence-electron chi connectivity index (χ3n) is 4.04. The highest BCUT2D eigenvalue weighted by Crippen LogP contribution is 1.96. The van der Waals surface area contributed by atoms with Gasteiger partial charge in [-0.15, -0.1) is 0 Å². The summed E-state index contributed by atoms with van der Waals surface area (Å²) in [6, 6.07) is 32.3. The molecule has 192 valence electrons. The molecule has 0 aliphatic carbocycles. The maximum Gasteiger partial charge on any atom is 0.0715 e. The van der Waals surface area contributed by atoms with Crippen LogP contribution in [0.2, 0.25) is 0 Å². The number of aromatic carboxylic acids is 4. The van der Waals surface area contributed by atoms with Gasteiger partial charge in [-0.2, -0.15) is 0 Å². The molecule has 0 radical (unpaired) electrons. The third-order valence-corrected chi connectivity index (χ3v) is 4.04. The zero-order valence-corrected chi connectivity index (χ0v) is 18.8. The summed E-state index contributed by atoms with van der Waals surface area (Å²) in [5.74, 6) is -4.52. The summed E-state index contributed by atoms with van der Waals surface area (Å²) in [6.07, 6.45) is 0. The summed E-state index contributed by atoms with van der Waals surface area (Å²) >= 11 is 0. The maximum absolute atomic E-state index is 10.1. The number of hydrogen-bond donors (Lipinski definition) is 0. The van der Waals surface area contributed by atoms with Crippen molar-refractivity contribution in [3.05, 3.63) is 144 Å². The first kappa shape index (κ1) is 31.8. The Balaban J connectivity index is 0.000000463. The molecule has 4 aromatic rings. The molecule has 0 saturated heterocycles. The second kappa shape index (κ2) is 18.1. The second-order valence-electron chi connectivity index (χ2n) is 6.61. The molecule has 0 aliphatic rings. The largest absolute Gasteiger partial charge is 0.545 e. The van der Waals surface area contributed by atoms with Crippen LogP contribution < -0.4 is 20.4 Å². The minimum Gasteiger partial charge on any atom is -0.545 e. The molecule has 0 aliphatic heterocycles. The van der Waals surface area contributed by atoms with Gasteiger partial charge in [-0.1, -0.05) is 129 Å². The van der Waals surface area contributed by atoms with E-state index in [1.165, 1.54) is 48.5 Å². The van der Waals surface area contributed by atoms with Crippen LogP contribution in [0.1, 0.15) is 48.9 Å². The number of rotatable bonds is 4. The van der Waals surface area contributed by atoms with E-state index in [2.05, 4.69) is 0 Å². The number of hydrogen-bond acceptors (Lipinski definition) is 8. The number of carbonyl (C=O) groups is 4. The fraction of sp³-hybridized carbons (Fsp3) is 0.0345. The van der Waals surface area contributed by atoms with Gasteiger partial charge in [0.25, 0.3) is 0 Å². The van der Waals surface area contributed by atoms with Crippen molar-refractivity contribution in [3.63, 3.8) is 0 Å². The average molecular weight is 501 g/mol. The van der Waals surface area contributed by atoms with Crippen LogP contribution in [0.5, 0.6) is 0 Å². The third kappa shape index (κ3) is 13.9. The summed E-state index contributed by atoms with van der Waals surface area (Å²) in [5.41, 5.74) is 0.880. The van der Waals surface area contributed by atoms with Crippen molar-refractivity contribution in [3.8, 4) is 0 Å². The molecule has 0 heterocycles.